The van der Waals surface area contributed by atoms with Gasteiger partial charge in [0.2, 0.25) is 11.8 Å². The zero-order chi connectivity index (χ0) is 24.3. The summed E-state index contributed by atoms with van der Waals surface area (Å²) in [5.41, 5.74) is 2.63. The smallest absolute Gasteiger partial charge is 0.234 e. The Bertz CT molecular complexity index is 1110. The van der Waals surface area contributed by atoms with Crippen molar-refractivity contribution >= 4 is 35.0 Å². The number of carbonyl (C=O) groups excluding carboxylic acids is 2. The van der Waals surface area contributed by atoms with E-state index in [1.54, 1.807) is 34.9 Å². The quantitative estimate of drug-likeness (QED) is 0.296. The molecule has 0 spiro atoms. The normalized spacial score (nSPS) is 10.5. The van der Waals surface area contributed by atoms with Gasteiger partial charge >= 0.3 is 0 Å². The summed E-state index contributed by atoms with van der Waals surface area (Å²) in [6.07, 6.45) is 2.70. The minimum atomic E-state index is -0.216. The summed E-state index contributed by atoms with van der Waals surface area (Å²) in [5.74, 6) is 1.06. The number of hydrogen-bond donors (Lipinski definition) is 2. The molecule has 0 aliphatic rings. The van der Waals surface area contributed by atoms with E-state index in [-0.39, 0.29) is 24.0 Å². The molecule has 0 fully saturated rings. The Labute approximate surface area is 203 Å². The molecule has 9 heteroatoms. The second-order valence-electron chi connectivity index (χ2n) is 7.37. The van der Waals surface area contributed by atoms with Crippen LogP contribution in [0.3, 0.4) is 0 Å². The van der Waals surface area contributed by atoms with Crippen molar-refractivity contribution in [1.82, 2.24) is 14.8 Å². The highest BCUT2D eigenvalue weighted by molar-refractivity contribution is 7.99. The van der Waals surface area contributed by atoms with Gasteiger partial charge in [0.1, 0.15) is 11.6 Å². The van der Waals surface area contributed by atoms with E-state index in [2.05, 4.69) is 34.3 Å². The number of hydrogen-bond acceptors (Lipinski definition) is 6. The predicted octanol–water partition coefficient (Wildman–Crippen LogP) is 4.34. The minimum Gasteiger partial charge on any atom is -0.494 e. The van der Waals surface area contributed by atoms with Crippen molar-refractivity contribution in [3.63, 3.8) is 0 Å². The number of rotatable bonds is 12. The van der Waals surface area contributed by atoms with Gasteiger partial charge in [0, 0.05) is 17.9 Å². The topological polar surface area (TPSA) is 98.1 Å². The van der Waals surface area contributed by atoms with Gasteiger partial charge in [0.25, 0.3) is 0 Å². The molecule has 0 atom stereocenters. The van der Waals surface area contributed by atoms with E-state index >= 15 is 0 Å². The van der Waals surface area contributed by atoms with Crippen molar-refractivity contribution in [3.8, 4) is 5.75 Å². The van der Waals surface area contributed by atoms with Crippen molar-refractivity contribution < 1.29 is 14.3 Å². The Kier molecular flexibility index (Phi) is 9.28. The van der Waals surface area contributed by atoms with Crippen molar-refractivity contribution in [2.75, 3.05) is 23.0 Å². The molecule has 2 amide bonds. The van der Waals surface area contributed by atoms with Gasteiger partial charge in [-0.2, -0.15) is 0 Å². The third kappa shape index (κ3) is 7.21. The first-order chi connectivity index (χ1) is 16.5. The number of carbonyl (C=O) groups is 2. The average molecular weight is 480 g/mol. The molecule has 2 N–H and O–H groups in total. The summed E-state index contributed by atoms with van der Waals surface area (Å²) < 4.78 is 7.21. The van der Waals surface area contributed by atoms with Crippen LogP contribution in [0.1, 0.15) is 25.2 Å². The van der Waals surface area contributed by atoms with Crippen LogP contribution in [0, 0.1) is 0 Å². The molecule has 2 aromatic carbocycles. The fourth-order valence-electron chi connectivity index (χ4n) is 3.17. The number of amides is 2. The van der Waals surface area contributed by atoms with Crippen molar-refractivity contribution in [1.29, 1.82) is 0 Å². The molecule has 8 nitrogen and oxygen atoms in total. The number of benzene rings is 2. The molecule has 0 saturated heterocycles. The zero-order valence-corrected chi connectivity index (χ0v) is 20.2. The maximum Gasteiger partial charge on any atom is 0.234 e. The fraction of sp³-hybridized carbons (Fsp3) is 0.280. The van der Waals surface area contributed by atoms with Crippen LogP contribution in [0.2, 0.25) is 0 Å². The van der Waals surface area contributed by atoms with Gasteiger partial charge in [-0.3, -0.25) is 9.59 Å². The molecule has 0 unspecified atom stereocenters. The monoisotopic (exact) mass is 479 g/mol. The van der Waals surface area contributed by atoms with Crippen LogP contribution >= 0.6 is 11.8 Å². The third-order valence-corrected chi connectivity index (χ3v) is 5.82. The lowest BCUT2D eigenvalue weighted by atomic mass is 10.1. The summed E-state index contributed by atoms with van der Waals surface area (Å²) in [6, 6.07) is 14.9. The lowest BCUT2D eigenvalue weighted by Crippen LogP contribution is -2.18. The molecular weight excluding hydrogens is 450 g/mol. The van der Waals surface area contributed by atoms with Crippen LogP contribution in [0.25, 0.3) is 0 Å². The SMILES string of the molecule is C=CCn1c(CC(=O)Nc2ccc(OCC)cc2)nnc1SCC(=O)Nc1ccc(CC)cc1. The van der Waals surface area contributed by atoms with E-state index in [1.165, 1.54) is 17.3 Å². The summed E-state index contributed by atoms with van der Waals surface area (Å²) in [7, 11) is 0. The molecule has 0 radical (unpaired) electrons. The molecule has 178 valence electrons. The van der Waals surface area contributed by atoms with E-state index in [9.17, 15) is 9.59 Å². The molecular formula is C25H29N5O3S. The van der Waals surface area contributed by atoms with Gasteiger partial charge < -0.3 is 19.9 Å². The Morgan fingerprint density at radius 2 is 1.65 bits per heavy atom. The highest BCUT2D eigenvalue weighted by atomic mass is 32.2. The maximum absolute atomic E-state index is 12.6. The molecule has 0 aliphatic heterocycles. The molecule has 3 aromatic rings. The van der Waals surface area contributed by atoms with Gasteiger partial charge in [-0.25, -0.2) is 0 Å². The van der Waals surface area contributed by atoms with E-state index in [4.69, 9.17) is 4.74 Å². The first-order valence-corrected chi connectivity index (χ1v) is 12.1. The number of aromatic nitrogens is 3. The van der Waals surface area contributed by atoms with Crippen molar-refractivity contribution in [3.05, 3.63) is 72.6 Å². The second kappa shape index (κ2) is 12.6. The Hall–Kier alpha value is -3.59. The lowest BCUT2D eigenvalue weighted by Gasteiger charge is -2.09. The van der Waals surface area contributed by atoms with Crippen LogP contribution < -0.4 is 15.4 Å². The number of thioether (sulfide) groups is 1. The highest BCUT2D eigenvalue weighted by Gasteiger charge is 2.16. The third-order valence-electron chi connectivity index (χ3n) is 4.85. The number of allylic oxidation sites excluding steroid dienone is 1. The zero-order valence-electron chi connectivity index (χ0n) is 19.4. The summed E-state index contributed by atoms with van der Waals surface area (Å²) in [6.45, 7) is 8.79. The summed E-state index contributed by atoms with van der Waals surface area (Å²) >= 11 is 1.26. The molecule has 1 heterocycles. The number of anilines is 2. The van der Waals surface area contributed by atoms with E-state index in [1.807, 2.05) is 31.2 Å². The largest absolute Gasteiger partial charge is 0.494 e. The van der Waals surface area contributed by atoms with Crippen LogP contribution in [0.5, 0.6) is 5.75 Å². The molecule has 3 rings (SSSR count). The molecule has 0 bridgehead atoms. The predicted molar refractivity (Wildman–Crippen MR) is 135 cm³/mol. The second-order valence-corrected chi connectivity index (χ2v) is 8.31. The lowest BCUT2D eigenvalue weighted by molar-refractivity contribution is -0.116. The molecule has 1 aromatic heterocycles. The average Bonchev–Trinajstić information content (AvgIpc) is 3.21. The van der Waals surface area contributed by atoms with E-state index in [0.717, 1.165) is 17.9 Å². The number of nitrogens with one attached hydrogen (secondary N) is 2. The number of aryl methyl sites for hydroxylation is 1. The van der Waals surface area contributed by atoms with Gasteiger partial charge in [-0.05, 0) is 55.3 Å². The van der Waals surface area contributed by atoms with Crippen LogP contribution in [-0.4, -0.2) is 38.9 Å². The van der Waals surface area contributed by atoms with Crippen molar-refractivity contribution in [2.45, 2.75) is 38.4 Å². The van der Waals surface area contributed by atoms with Gasteiger partial charge in [0.15, 0.2) is 5.16 Å². The summed E-state index contributed by atoms with van der Waals surface area (Å²) in [5, 5.41) is 14.6. The number of ether oxygens (including phenoxy) is 1. The first-order valence-electron chi connectivity index (χ1n) is 11.1. The van der Waals surface area contributed by atoms with E-state index < -0.39 is 0 Å². The van der Waals surface area contributed by atoms with Crippen LogP contribution in [0.15, 0.2) is 66.3 Å². The standard InChI is InChI=1S/C25H29N5O3S/c1-4-15-30-22(16-23(31)26-20-11-13-21(14-12-20)33-6-3)28-29-25(30)34-17-24(32)27-19-9-7-18(5-2)8-10-19/h4,7-14H,1,5-6,15-17H2,2-3H3,(H,26,31)(H,27,32). The number of nitrogens with zero attached hydrogens (tertiary/aromatic N) is 3. The Morgan fingerprint density at radius 1 is 1.00 bits per heavy atom. The summed E-state index contributed by atoms with van der Waals surface area (Å²) in [4.78, 5) is 24.9. The van der Waals surface area contributed by atoms with Crippen LogP contribution in [-0.2, 0) is 29.0 Å². The van der Waals surface area contributed by atoms with Crippen molar-refractivity contribution in [2.24, 2.45) is 0 Å². The van der Waals surface area contributed by atoms with E-state index in [0.29, 0.717) is 29.8 Å². The molecule has 0 aliphatic carbocycles. The van der Waals surface area contributed by atoms with Gasteiger partial charge in [-0.15, -0.1) is 16.8 Å². The molecule has 0 saturated carbocycles. The Morgan fingerprint density at radius 3 is 2.26 bits per heavy atom. The van der Waals surface area contributed by atoms with Gasteiger partial charge in [-0.1, -0.05) is 36.9 Å². The van der Waals surface area contributed by atoms with Crippen LogP contribution in [0.4, 0.5) is 11.4 Å². The van der Waals surface area contributed by atoms with Gasteiger partial charge in [0.05, 0.1) is 18.8 Å². The maximum atomic E-state index is 12.6. The highest BCUT2D eigenvalue weighted by Crippen LogP contribution is 2.20. The fourth-order valence-corrected chi connectivity index (χ4v) is 3.94. The first kappa shape index (κ1) is 25.0. The minimum absolute atomic E-state index is 0.0462. The Balaban J connectivity index is 1.57. The molecule has 34 heavy (non-hydrogen) atoms.